The van der Waals surface area contributed by atoms with E-state index in [0.717, 1.165) is 6.42 Å². The summed E-state index contributed by atoms with van der Waals surface area (Å²) >= 11 is 1.53. The van der Waals surface area contributed by atoms with Crippen molar-refractivity contribution in [2.24, 2.45) is 4.99 Å². The molecule has 1 N–H and O–H groups in total. The second-order valence-corrected chi connectivity index (χ2v) is 5.25. The zero-order valence-corrected chi connectivity index (χ0v) is 11.0. The fourth-order valence-electron chi connectivity index (χ4n) is 1.60. The number of anilines is 1. The summed E-state index contributed by atoms with van der Waals surface area (Å²) in [4.78, 5) is 4.25. The van der Waals surface area contributed by atoms with Gasteiger partial charge in [-0.2, -0.15) is 0 Å². The number of amidine groups is 1. The van der Waals surface area contributed by atoms with Crippen LogP contribution in [-0.4, -0.2) is 23.3 Å². The number of nitrogens with one attached hydrogen (secondary N) is 1. The average molecular weight is 290 g/mol. The van der Waals surface area contributed by atoms with E-state index in [2.05, 4.69) is 22.0 Å². The molecule has 0 aliphatic carbocycles. The van der Waals surface area contributed by atoms with Gasteiger partial charge in [0.15, 0.2) is 10.9 Å². The summed E-state index contributed by atoms with van der Waals surface area (Å²) in [7, 11) is 0. The number of thioether (sulfide) groups is 1. The van der Waals surface area contributed by atoms with Crippen LogP contribution in [0.2, 0.25) is 0 Å². The molecule has 0 saturated heterocycles. The maximum absolute atomic E-state index is 12.3. The predicted molar refractivity (Wildman–Crippen MR) is 70.7 cm³/mol. The molecule has 3 nitrogen and oxygen atoms in total. The van der Waals surface area contributed by atoms with Gasteiger partial charge < -0.3 is 10.1 Å². The third-order valence-electron chi connectivity index (χ3n) is 2.53. The van der Waals surface area contributed by atoms with Crippen LogP contribution in [-0.2, 0) is 0 Å². The van der Waals surface area contributed by atoms with Gasteiger partial charge in [-0.1, -0.05) is 30.8 Å². The number of ether oxygens (including phenoxy) is 1. The molecule has 1 unspecified atom stereocenters. The molecule has 1 heterocycles. The molecule has 1 atom stereocenters. The Bertz CT molecular complexity index is 476. The van der Waals surface area contributed by atoms with Crippen molar-refractivity contribution in [1.29, 1.82) is 0 Å². The number of benzene rings is 1. The molecule has 0 radical (unpaired) electrons. The van der Waals surface area contributed by atoms with Gasteiger partial charge in [-0.15, -0.1) is 13.2 Å². The smallest absolute Gasteiger partial charge is 0.404 e. The molecule has 19 heavy (non-hydrogen) atoms. The summed E-state index contributed by atoms with van der Waals surface area (Å²) in [6.07, 6.45) is -3.73. The highest BCUT2D eigenvalue weighted by Crippen LogP contribution is 2.32. The van der Waals surface area contributed by atoms with Crippen molar-refractivity contribution in [2.45, 2.75) is 25.0 Å². The van der Waals surface area contributed by atoms with E-state index in [1.807, 2.05) is 0 Å². The second kappa shape index (κ2) is 5.73. The minimum Gasteiger partial charge on any atom is -0.404 e. The summed E-state index contributed by atoms with van der Waals surface area (Å²) in [6, 6.07) is 5.94. The minimum atomic E-state index is -4.70. The maximum atomic E-state index is 12.3. The van der Waals surface area contributed by atoms with E-state index >= 15 is 0 Å². The average Bonchev–Trinajstić information content (AvgIpc) is 2.78. The number of para-hydroxylation sites is 2. The van der Waals surface area contributed by atoms with Gasteiger partial charge in [0, 0.05) is 5.25 Å². The molecular weight excluding hydrogens is 277 g/mol. The van der Waals surface area contributed by atoms with Crippen molar-refractivity contribution in [2.75, 3.05) is 11.9 Å². The molecule has 1 aromatic carbocycles. The van der Waals surface area contributed by atoms with Gasteiger partial charge in [0.2, 0.25) is 0 Å². The second-order valence-electron chi connectivity index (χ2n) is 3.96. The van der Waals surface area contributed by atoms with Crippen LogP contribution < -0.4 is 10.1 Å². The molecule has 1 aliphatic heterocycles. The number of hydrogen-bond donors (Lipinski definition) is 1. The van der Waals surface area contributed by atoms with Crippen molar-refractivity contribution in [3.8, 4) is 5.75 Å². The molecule has 0 fully saturated rings. The van der Waals surface area contributed by atoms with Gasteiger partial charge in [0.25, 0.3) is 0 Å². The lowest BCUT2D eigenvalue weighted by molar-refractivity contribution is -0.274. The molecular formula is C12H13F3N2OS. The van der Waals surface area contributed by atoms with E-state index in [1.165, 1.54) is 30.0 Å². The molecule has 7 heteroatoms. The summed E-state index contributed by atoms with van der Waals surface area (Å²) in [5, 5.41) is 3.90. The largest absolute Gasteiger partial charge is 0.573 e. The van der Waals surface area contributed by atoms with Crippen LogP contribution in [0.3, 0.4) is 0 Å². The van der Waals surface area contributed by atoms with Gasteiger partial charge >= 0.3 is 6.36 Å². The maximum Gasteiger partial charge on any atom is 0.573 e. The van der Waals surface area contributed by atoms with E-state index in [-0.39, 0.29) is 11.4 Å². The standard InChI is InChI=1S/C12H13F3N2OS/c1-2-8-7-16-11(19-8)17-9-5-3-4-6-10(9)18-12(13,14)15/h3-6,8H,2,7H2,1H3,(H,16,17). The number of rotatable bonds is 3. The normalized spacial score (nSPS) is 19.2. The van der Waals surface area contributed by atoms with Crippen LogP contribution in [0.1, 0.15) is 13.3 Å². The highest BCUT2D eigenvalue weighted by molar-refractivity contribution is 8.15. The zero-order chi connectivity index (χ0) is 13.9. The van der Waals surface area contributed by atoms with E-state index in [0.29, 0.717) is 17.0 Å². The Balaban J connectivity index is 2.08. The molecule has 104 valence electrons. The lowest BCUT2D eigenvalue weighted by Gasteiger charge is -2.14. The Hall–Kier alpha value is -1.37. The first-order valence-electron chi connectivity index (χ1n) is 5.81. The number of hydrogen-bond acceptors (Lipinski definition) is 4. The van der Waals surface area contributed by atoms with E-state index in [1.54, 1.807) is 6.07 Å². The Morgan fingerprint density at radius 1 is 1.42 bits per heavy atom. The molecule has 0 saturated carbocycles. The van der Waals surface area contributed by atoms with E-state index < -0.39 is 6.36 Å². The van der Waals surface area contributed by atoms with Crippen molar-refractivity contribution < 1.29 is 17.9 Å². The fraction of sp³-hybridized carbons (Fsp3) is 0.417. The SMILES string of the molecule is CCC1CN=C(Nc2ccccc2OC(F)(F)F)S1. The van der Waals surface area contributed by atoms with Crippen molar-refractivity contribution >= 4 is 22.6 Å². The van der Waals surface area contributed by atoms with Crippen molar-refractivity contribution in [3.63, 3.8) is 0 Å². The number of halogens is 3. The van der Waals surface area contributed by atoms with Gasteiger partial charge in [-0.05, 0) is 18.6 Å². The quantitative estimate of drug-likeness (QED) is 0.917. The van der Waals surface area contributed by atoms with Crippen LogP contribution >= 0.6 is 11.8 Å². The van der Waals surface area contributed by atoms with E-state index in [9.17, 15) is 13.2 Å². The highest BCUT2D eigenvalue weighted by Gasteiger charge is 2.32. The monoisotopic (exact) mass is 290 g/mol. The van der Waals surface area contributed by atoms with Crippen molar-refractivity contribution in [1.82, 2.24) is 0 Å². The Labute approximate surface area is 113 Å². The molecule has 2 rings (SSSR count). The van der Waals surface area contributed by atoms with Gasteiger partial charge in [-0.25, -0.2) is 0 Å². The van der Waals surface area contributed by atoms with Gasteiger partial charge in [0.05, 0.1) is 12.2 Å². The molecule has 0 aromatic heterocycles. The topological polar surface area (TPSA) is 33.6 Å². The Morgan fingerprint density at radius 3 is 2.79 bits per heavy atom. The first kappa shape index (κ1) is 14.0. The number of nitrogens with zero attached hydrogens (tertiary/aromatic N) is 1. The number of alkyl halides is 3. The third-order valence-corrected chi connectivity index (χ3v) is 3.80. The Morgan fingerprint density at radius 2 is 2.16 bits per heavy atom. The van der Waals surface area contributed by atoms with Crippen LogP contribution in [0, 0.1) is 0 Å². The minimum absolute atomic E-state index is 0.252. The van der Waals surface area contributed by atoms with E-state index in [4.69, 9.17) is 0 Å². The first-order valence-corrected chi connectivity index (χ1v) is 6.69. The first-order chi connectivity index (χ1) is 8.98. The van der Waals surface area contributed by atoms with Gasteiger partial charge in [0.1, 0.15) is 0 Å². The zero-order valence-electron chi connectivity index (χ0n) is 10.2. The predicted octanol–water partition coefficient (Wildman–Crippen LogP) is 3.88. The third kappa shape index (κ3) is 4.05. The molecule has 0 amide bonds. The lowest BCUT2D eigenvalue weighted by Crippen LogP contribution is -2.18. The van der Waals surface area contributed by atoms with Crippen LogP contribution in [0.4, 0.5) is 18.9 Å². The molecule has 0 bridgehead atoms. The summed E-state index contributed by atoms with van der Waals surface area (Å²) in [5.74, 6) is -0.252. The molecule has 1 aromatic rings. The summed E-state index contributed by atoms with van der Waals surface area (Å²) < 4.78 is 40.8. The van der Waals surface area contributed by atoms with Gasteiger partial charge in [-0.3, -0.25) is 4.99 Å². The highest BCUT2D eigenvalue weighted by atomic mass is 32.2. The fourth-order valence-corrected chi connectivity index (χ4v) is 2.55. The van der Waals surface area contributed by atoms with Crippen LogP contribution in [0.5, 0.6) is 5.75 Å². The summed E-state index contributed by atoms with van der Waals surface area (Å²) in [5.41, 5.74) is 0.267. The van der Waals surface area contributed by atoms with Crippen molar-refractivity contribution in [3.05, 3.63) is 24.3 Å². The van der Waals surface area contributed by atoms with Crippen LogP contribution in [0.25, 0.3) is 0 Å². The molecule has 1 aliphatic rings. The molecule has 0 spiro atoms. The Kier molecular flexibility index (Phi) is 4.24. The lowest BCUT2D eigenvalue weighted by atomic mass is 10.3. The summed E-state index contributed by atoms with van der Waals surface area (Å²) in [6.45, 7) is 2.74. The van der Waals surface area contributed by atoms with Crippen LogP contribution in [0.15, 0.2) is 29.3 Å². The number of aliphatic imine (C=N–C) groups is 1.